The van der Waals surface area contributed by atoms with E-state index in [1.165, 1.54) is 0 Å². The molecule has 0 atom stereocenters. The van der Waals surface area contributed by atoms with Crippen LogP contribution in [0, 0.1) is 6.92 Å². The number of hydrogen-bond acceptors (Lipinski definition) is 2. The van der Waals surface area contributed by atoms with Gasteiger partial charge in [0.1, 0.15) is 0 Å². The van der Waals surface area contributed by atoms with Gasteiger partial charge in [0, 0.05) is 0 Å². The molecule has 5 aromatic rings. The van der Waals surface area contributed by atoms with E-state index in [1.807, 2.05) is 153 Å². The molecule has 39 heavy (non-hydrogen) atoms. The molecule has 0 fully saturated rings. The van der Waals surface area contributed by atoms with Crippen LogP contribution < -0.4 is 31.5 Å². The van der Waals surface area contributed by atoms with Gasteiger partial charge in [-0.25, -0.2) is 0 Å². The number of benzene rings is 4. The maximum atomic E-state index is 13.9. The topological polar surface area (TPSA) is 59.0 Å². The van der Waals surface area contributed by atoms with E-state index in [-0.39, 0.29) is 5.91 Å². The molecule has 3 N–H and O–H groups in total. The average Bonchev–Trinajstić information content (AvgIpc) is 2.99. The van der Waals surface area contributed by atoms with Crippen LogP contribution >= 0.6 is 17.2 Å². The van der Waals surface area contributed by atoms with E-state index in [1.54, 1.807) is 4.57 Å². The Kier molecular flexibility index (Phi) is 7.34. The van der Waals surface area contributed by atoms with Crippen LogP contribution in [0.1, 0.15) is 15.9 Å². The second-order valence-electron chi connectivity index (χ2n) is 9.38. The maximum absolute atomic E-state index is 13.9. The summed E-state index contributed by atoms with van der Waals surface area (Å²) in [6.07, 6.45) is 3.71. The van der Waals surface area contributed by atoms with Gasteiger partial charge in [0.15, 0.2) is 0 Å². The zero-order valence-electron chi connectivity index (χ0n) is 21.6. The third-order valence-electron chi connectivity index (χ3n) is 6.92. The van der Waals surface area contributed by atoms with Crippen LogP contribution in [0.2, 0.25) is 0 Å². The Morgan fingerprint density at radius 2 is 1.18 bits per heavy atom. The van der Waals surface area contributed by atoms with Crippen molar-refractivity contribution < 1.29 is 9.36 Å². The molecular formula is C33H30ClN3OP+. The van der Waals surface area contributed by atoms with Gasteiger partial charge in [-0.05, 0) is 0 Å². The number of amides is 1. The number of anilines is 1. The third kappa shape index (κ3) is 4.74. The van der Waals surface area contributed by atoms with Crippen molar-refractivity contribution in [2.75, 3.05) is 5.73 Å². The summed E-state index contributed by atoms with van der Waals surface area (Å²) in [5.74, 6) is -3.82. The first-order chi connectivity index (χ1) is 18.9. The van der Waals surface area contributed by atoms with Gasteiger partial charge in [-0.3, -0.25) is 0 Å². The predicted molar refractivity (Wildman–Crippen MR) is 165 cm³/mol. The van der Waals surface area contributed by atoms with Crippen molar-refractivity contribution in [1.29, 1.82) is 0 Å². The van der Waals surface area contributed by atoms with Crippen LogP contribution in [0.3, 0.4) is 0 Å². The number of halogens is 1. The Morgan fingerprint density at radius 1 is 0.718 bits per heavy atom. The minimum atomic E-state index is -4.07. The van der Waals surface area contributed by atoms with Crippen LogP contribution in [-0.4, -0.2) is 5.91 Å². The summed E-state index contributed by atoms with van der Waals surface area (Å²) in [6.45, 7) is 1.99. The fourth-order valence-corrected chi connectivity index (χ4v) is 10.7. The number of rotatable bonds is 7. The van der Waals surface area contributed by atoms with Gasteiger partial charge in [0.2, 0.25) is 0 Å². The first-order valence-electron chi connectivity index (χ1n) is 12.7. The number of hydrogen-bond donors (Lipinski definition) is 2. The van der Waals surface area contributed by atoms with E-state index in [4.69, 9.17) is 17.0 Å². The molecule has 0 aliphatic carbocycles. The molecule has 1 heterocycles. The van der Waals surface area contributed by atoms with Gasteiger partial charge in [0.25, 0.3) is 0 Å². The van der Waals surface area contributed by atoms with E-state index in [0.29, 0.717) is 16.8 Å². The summed E-state index contributed by atoms with van der Waals surface area (Å²) < 4.78 is 1.79. The van der Waals surface area contributed by atoms with Crippen LogP contribution in [-0.2, 0) is 0 Å². The van der Waals surface area contributed by atoms with Crippen LogP contribution in [0.4, 0.5) is 5.82 Å². The molecule has 6 heteroatoms. The van der Waals surface area contributed by atoms with Crippen molar-refractivity contribution in [2.24, 2.45) is 0 Å². The number of nitrogens with two attached hydrogens (primary N) is 1. The van der Waals surface area contributed by atoms with Crippen molar-refractivity contribution in [3.8, 4) is 0 Å². The second-order valence-corrected chi connectivity index (χ2v) is 15.5. The van der Waals surface area contributed by atoms with Crippen molar-refractivity contribution >= 4 is 51.0 Å². The SMILES string of the molecule is Cc1ccc(C(=O)N/C(=C\[n+]2ccccc2N)P(Cl)(c2ccccc2)(c2ccccc2)c2ccccc2)cc1. The number of carbonyl (C=O) groups excluding carboxylic acids is 1. The molecule has 0 saturated carbocycles. The van der Waals surface area contributed by atoms with E-state index in [0.717, 1.165) is 21.5 Å². The summed E-state index contributed by atoms with van der Waals surface area (Å²) in [7, 11) is 0. The Hall–Kier alpha value is -4.24. The molecule has 194 valence electrons. The van der Waals surface area contributed by atoms with Gasteiger partial charge in [-0.1, -0.05) is 0 Å². The van der Waals surface area contributed by atoms with Crippen molar-refractivity contribution in [2.45, 2.75) is 6.92 Å². The molecule has 0 bridgehead atoms. The zero-order valence-corrected chi connectivity index (χ0v) is 23.3. The number of nitrogens with one attached hydrogen (secondary N) is 1. The first-order valence-corrected chi connectivity index (χ1v) is 15.8. The standard InChI is InChI=1S/C33H29ClN3OP/c1-26-20-22-27(23-21-26)33(38)36-32(25-37-24-12-11-19-31(37)35)39(34,28-13-5-2-6-14-28,29-15-7-3-8-16-29)30-17-9-4-10-18-30/h2-25,35H,1H3,(H,36,38)/p+1/b32-25+. The molecule has 0 spiro atoms. The van der Waals surface area contributed by atoms with Crippen molar-refractivity contribution in [3.63, 3.8) is 0 Å². The quantitative estimate of drug-likeness (QED) is 0.201. The second kappa shape index (κ2) is 10.9. The molecule has 5 rings (SSSR count). The number of aromatic nitrogens is 1. The molecule has 0 saturated heterocycles. The Labute approximate surface area is 234 Å². The summed E-state index contributed by atoms with van der Waals surface area (Å²) in [6, 6.07) is 43.1. The van der Waals surface area contributed by atoms with Gasteiger partial charge >= 0.3 is 235 Å². The summed E-state index contributed by atoms with van der Waals surface area (Å²) >= 11 is 8.39. The predicted octanol–water partition coefficient (Wildman–Crippen LogP) is 5.73. The average molecular weight is 551 g/mol. The molecule has 1 amide bonds. The van der Waals surface area contributed by atoms with Gasteiger partial charge < -0.3 is 0 Å². The van der Waals surface area contributed by atoms with Gasteiger partial charge in [-0.2, -0.15) is 0 Å². The van der Waals surface area contributed by atoms with Gasteiger partial charge in [0.05, 0.1) is 0 Å². The van der Waals surface area contributed by atoms with Crippen LogP contribution in [0.5, 0.6) is 0 Å². The number of aryl methyl sites for hydroxylation is 1. The third-order valence-corrected chi connectivity index (χ3v) is 14.2. The van der Waals surface area contributed by atoms with Crippen LogP contribution in [0.15, 0.2) is 145 Å². The van der Waals surface area contributed by atoms with E-state index in [2.05, 4.69) is 5.32 Å². The number of carbonyl (C=O) groups is 1. The van der Waals surface area contributed by atoms with E-state index >= 15 is 0 Å². The molecule has 1 aromatic heterocycles. The number of pyridine rings is 1. The number of nitrogens with zero attached hydrogens (tertiary/aromatic N) is 1. The minimum absolute atomic E-state index is 0.256. The molecule has 4 aromatic carbocycles. The number of nitrogen functional groups attached to an aromatic ring is 1. The molecule has 4 nitrogen and oxygen atoms in total. The van der Waals surface area contributed by atoms with Crippen molar-refractivity contribution in [3.05, 3.63) is 156 Å². The zero-order chi connectivity index (χ0) is 27.3. The van der Waals surface area contributed by atoms with E-state index < -0.39 is 5.96 Å². The fourth-order valence-electron chi connectivity index (χ4n) is 4.85. The first kappa shape index (κ1) is 26.4. The molecule has 0 unspecified atom stereocenters. The molecule has 0 aliphatic heterocycles. The van der Waals surface area contributed by atoms with E-state index in [9.17, 15) is 4.79 Å². The Bertz CT molecular complexity index is 1520. The monoisotopic (exact) mass is 550 g/mol. The summed E-state index contributed by atoms with van der Waals surface area (Å²) in [5.41, 5.74) is 8.57. The molecule has 0 aliphatic rings. The van der Waals surface area contributed by atoms with Crippen molar-refractivity contribution in [1.82, 2.24) is 5.32 Å². The Balaban J connectivity index is 1.90. The normalized spacial score (nSPS) is 12.8. The molecule has 0 radical (unpaired) electrons. The van der Waals surface area contributed by atoms with Crippen LogP contribution in [0.25, 0.3) is 6.20 Å². The fraction of sp³-hybridized carbons (Fsp3) is 0.0303. The molecular weight excluding hydrogens is 521 g/mol. The summed E-state index contributed by atoms with van der Waals surface area (Å²) in [5, 5.41) is 5.97. The van der Waals surface area contributed by atoms with Gasteiger partial charge in [-0.15, -0.1) is 0 Å². The summed E-state index contributed by atoms with van der Waals surface area (Å²) in [4.78, 5) is 13.9. The Morgan fingerprint density at radius 3 is 1.64 bits per heavy atom.